The molecule has 0 N–H and O–H groups in total. The van der Waals surface area contributed by atoms with Crippen LogP contribution in [0, 0.1) is 0 Å². The topological polar surface area (TPSA) is 38.8 Å². The van der Waals surface area contributed by atoms with Gasteiger partial charge in [0.1, 0.15) is 11.5 Å². The van der Waals surface area contributed by atoms with Gasteiger partial charge in [0, 0.05) is 24.1 Å². The fourth-order valence-corrected chi connectivity index (χ4v) is 6.09. The van der Waals surface area contributed by atoms with E-state index in [9.17, 15) is 4.79 Å². The van der Waals surface area contributed by atoms with Crippen molar-refractivity contribution in [2.75, 3.05) is 25.2 Å². The molecule has 4 rings (SSSR count). The first kappa shape index (κ1) is 19.5. The molecular formula is C22H25NO3S2. The van der Waals surface area contributed by atoms with E-state index in [1.165, 1.54) is 17.1 Å². The molecule has 4 nitrogen and oxygen atoms in total. The minimum absolute atomic E-state index is 0.0456. The van der Waals surface area contributed by atoms with E-state index in [4.69, 9.17) is 9.47 Å². The molecule has 1 saturated heterocycles. The van der Waals surface area contributed by atoms with E-state index in [1.54, 1.807) is 7.11 Å². The maximum absolute atomic E-state index is 12.8. The first-order valence-electron chi connectivity index (χ1n) is 9.61. The maximum atomic E-state index is 12.8. The van der Waals surface area contributed by atoms with Crippen LogP contribution in [0.3, 0.4) is 0 Å². The van der Waals surface area contributed by atoms with Crippen LogP contribution in [0.5, 0.6) is 11.5 Å². The van der Waals surface area contributed by atoms with Crippen LogP contribution in [0.1, 0.15) is 28.6 Å². The van der Waals surface area contributed by atoms with Crippen LogP contribution in [0.4, 0.5) is 0 Å². The Hall–Kier alpha value is -1.79. The number of hydrogen-bond acceptors (Lipinski definition) is 5. The highest BCUT2D eigenvalue weighted by atomic mass is 32.2. The highest BCUT2D eigenvalue weighted by molar-refractivity contribution is 8.19. The lowest BCUT2D eigenvalue weighted by atomic mass is 10.2. The van der Waals surface area contributed by atoms with Crippen LogP contribution >= 0.6 is 23.5 Å². The van der Waals surface area contributed by atoms with Gasteiger partial charge in [0.15, 0.2) is 6.61 Å². The molecule has 2 fully saturated rings. The van der Waals surface area contributed by atoms with E-state index in [0.717, 1.165) is 29.9 Å². The van der Waals surface area contributed by atoms with Crippen molar-refractivity contribution in [3.8, 4) is 11.5 Å². The third-order valence-corrected chi connectivity index (χ3v) is 8.06. The first-order valence-corrected chi connectivity index (χ1v) is 11.7. The van der Waals surface area contributed by atoms with E-state index in [0.29, 0.717) is 17.2 Å². The van der Waals surface area contributed by atoms with Crippen molar-refractivity contribution in [1.82, 2.24) is 4.90 Å². The number of hydrogen-bond donors (Lipinski definition) is 0. The normalized spacial score (nSPS) is 16.8. The summed E-state index contributed by atoms with van der Waals surface area (Å²) in [5.41, 5.74) is 2.43. The van der Waals surface area contributed by atoms with E-state index in [2.05, 4.69) is 12.1 Å². The van der Waals surface area contributed by atoms with Crippen molar-refractivity contribution >= 4 is 29.4 Å². The number of benzene rings is 2. The van der Waals surface area contributed by atoms with Gasteiger partial charge in [-0.05, 0) is 48.2 Å². The lowest BCUT2D eigenvalue weighted by molar-refractivity contribution is -0.134. The van der Waals surface area contributed by atoms with Crippen molar-refractivity contribution in [2.45, 2.75) is 30.0 Å². The van der Waals surface area contributed by atoms with E-state index in [-0.39, 0.29) is 12.5 Å². The number of nitrogens with zero attached hydrogens (tertiary/aromatic N) is 1. The van der Waals surface area contributed by atoms with Gasteiger partial charge in [-0.2, -0.15) is 0 Å². The molecule has 0 atom stereocenters. The molecule has 2 aliphatic rings. The van der Waals surface area contributed by atoms with Crippen LogP contribution < -0.4 is 9.47 Å². The standard InChI is InChI=1S/C22H25NO3S2/c1-25-19-8-2-16(3-9-19)14-23(18-6-7-18)21(24)15-26-20-10-4-17(5-11-20)22-27-12-13-28-22/h2-5,8-11,18,22H,6-7,12-15H2,1H3. The van der Waals surface area contributed by atoms with Gasteiger partial charge in [0.2, 0.25) is 0 Å². The van der Waals surface area contributed by atoms with E-state index < -0.39 is 0 Å². The van der Waals surface area contributed by atoms with Gasteiger partial charge in [-0.25, -0.2) is 0 Å². The second-order valence-electron chi connectivity index (χ2n) is 7.03. The summed E-state index contributed by atoms with van der Waals surface area (Å²) in [6.45, 7) is 0.699. The second kappa shape index (κ2) is 9.14. The van der Waals surface area contributed by atoms with Crippen LogP contribution in [0.25, 0.3) is 0 Å². The number of ether oxygens (including phenoxy) is 2. The van der Waals surface area contributed by atoms with E-state index >= 15 is 0 Å². The monoisotopic (exact) mass is 415 g/mol. The predicted molar refractivity (Wildman–Crippen MR) is 116 cm³/mol. The molecule has 6 heteroatoms. The summed E-state index contributed by atoms with van der Waals surface area (Å²) in [4.78, 5) is 14.7. The number of amides is 1. The predicted octanol–water partition coefficient (Wildman–Crippen LogP) is 4.74. The summed E-state index contributed by atoms with van der Waals surface area (Å²) in [5, 5.41) is 0. The van der Waals surface area contributed by atoms with Crippen molar-refractivity contribution in [3.05, 3.63) is 59.7 Å². The Kier molecular flexibility index (Phi) is 6.37. The molecule has 0 spiro atoms. The Morgan fingerprint density at radius 1 is 1.00 bits per heavy atom. The van der Waals surface area contributed by atoms with Crippen molar-refractivity contribution < 1.29 is 14.3 Å². The van der Waals surface area contributed by atoms with Gasteiger partial charge >= 0.3 is 0 Å². The fraction of sp³-hybridized carbons (Fsp3) is 0.409. The molecule has 1 heterocycles. The molecule has 2 aromatic rings. The zero-order chi connectivity index (χ0) is 19.3. The quantitative estimate of drug-likeness (QED) is 0.622. The molecule has 1 aliphatic heterocycles. The third kappa shape index (κ3) is 4.97. The summed E-state index contributed by atoms with van der Waals surface area (Å²) >= 11 is 3.98. The Morgan fingerprint density at radius 3 is 2.25 bits per heavy atom. The molecule has 148 valence electrons. The Labute approximate surface area is 175 Å². The molecule has 0 aromatic heterocycles. The maximum Gasteiger partial charge on any atom is 0.261 e. The van der Waals surface area contributed by atoms with Gasteiger partial charge in [-0.1, -0.05) is 24.3 Å². The average molecular weight is 416 g/mol. The lowest BCUT2D eigenvalue weighted by Gasteiger charge is -2.23. The van der Waals surface area contributed by atoms with Gasteiger partial charge in [0.25, 0.3) is 5.91 Å². The molecule has 0 unspecified atom stereocenters. The molecule has 28 heavy (non-hydrogen) atoms. The second-order valence-corrected chi connectivity index (χ2v) is 9.76. The number of rotatable bonds is 8. The van der Waals surface area contributed by atoms with Gasteiger partial charge in [-0.3, -0.25) is 4.79 Å². The molecule has 0 radical (unpaired) electrons. The zero-order valence-electron chi connectivity index (χ0n) is 16.0. The smallest absolute Gasteiger partial charge is 0.261 e. The van der Waals surface area contributed by atoms with Crippen molar-refractivity contribution in [3.63, 3.8) is 0 Å². The number of methoxy groups -OCH3 is 1. The average Bonchev–Trinajstić information content (AvgIpc) is 3.43. The molecule has 1 saturated carbocycles. The summed E-state index contributed by atoms with van der Waals surface area (Å²) in [5.74, 6) is 4.06. The summed E-state index contributed by atoms with van der Waals surface area (Å²) in [6.07, 6.45) is 2.15. The Balaban J connectivity index is 1.32. The van der Waals surface area contributed by atoms with Crippen LogP contribution in [-0.2, 0) is 11.3 Å². The fourth-order valence-electron chi connectivity index (χ4n) is 3.23. The van der Waals surface area contributed by atoms with E-state index in [1.807, 2.05) is 64.8 Å². The number of thioether (sulfide) groups is 2. The number of carbonyl (C=O) groups is 1. The van der Waals surface area contributed by atoms with Crippen molar-refractivity contribution in [2.24, 2.45) is 0 Å². The summed E-state index contributed by atoms with van der Waals surface area (Å²) in [6, 6.07) is 16.4. The lowest BCUT2D eigenvalue weighted by Crippen LogP contribution is -2.36. The van der Waals surface area contributed by atoms with Crippen LogP contribution in [0.2, 0.25) is 0 Å². The molecule has 1 amide bonds. The first-order chi connectivity index (χ1) is 13.7. The SMILES string of the molecule is COc1ccc(CN(C(=O)COc2ccc(C3SCCS3)cc2)C2CC2)cc1. The Morgan fingerprint density at radius 2 is 1.64 bits per heavy atom. The largest absolute Gasteiger partial charge is 0.497 e. The zero-order valence-corrected chi connectivity index (χ0v) is 17.6. The van der Waals surface area contributed by atoms with Crippen molar-refractivity contribution in [1.29, 1.82) is 0 Å². The highest BCUT2D eigenvalue weighted by Gasteiger charge is 2.32. The highest BCUT2D eigenvalue weighted by Crippen LogP contribution is 2.45. The molecule has 0 bridgehead atoms. The third-order valence-electron chi connectivity index (χ3n) is 4.96. The minimum atomic E-state index is 0.0456. The van der Waals surface area contributed by atoms with Gasteiger partial charge in [0.05, 0.1) is 11.7 Å². The van der Waals surface area contributed by atoms with Gasteiger partial charge < -0.3 is 14.4 Å². The number of carbonyl (C=O) groups excluding carboxylic acids is 1. The van der Waals surface area contributed by atoms with Crippen LogP contribution in [-0.4, -0.2) is 42.1 Å². The summed E-state index contributed by atoms with van der Waals surface area (Å²) < 4.78 is 11.5. The Bertz CT molecular complexity index is 784. The molecule has 2 aromatic carbocycles. The minimum Gasteiger partial charge on any atom is -0.497 e. The summed E-state index contributed by atoms with van der Waals surface area (Å²) in [7, 11) is 1.66. The molecule has 1 aliphatic carbocycles. The molecular weight excluding hydrogens is 390 g/mol. The van der Waals surface area contributed by atoms with Crippen LogP contribution in [0.15, 0.2) is 48.5 Å². The van der Waals surface area contributed by atoms with Gasteiger partial charge in [-0.15, -0.1) is 23.5 Å².